The molecule has 7 nitrogen and oxygen atoms in total. The number of nitrogens with zero attached hydrogens (tertiary/aromatic N) is 4. The summed E-state index contributed by atoms with van der Waals surface area (Å²) in [6, 6.07) is 24.9. The van der Waals surface area contributed by atoms with Gasteiger partial charge in [0.05, 0.1) is 31.9 Å². The van der Waals surface area contributed by atoms with Crippen molar-refractivity contribution in [1.82, 2.24) is 14.8 Å². The minimum Gasteiger partial charge on any atom is -0.497 e. The number of methoxy groups -OCH3 is 2. The van der Waals surface area contributed by atoms with Gasteiger partial charge in [-0.25, -0.2) is 4.68 Å². The molecule has 1 aromatic heterocycles. The molecule has 5 rings (SSSR count). The van der Waals surface area contributed by atoms with E-state index in [4.69, 9.17) is 9.47 Å². The molecule has 0 N–H and O–H groups in total. The second-order valence-electron chi connectivity index (χ2n) is 7.83. The fraction of sp³-hybridized carbons (Fsp3) is 0.192. The minimum atomic E-state index is -0.229. The Labute approximate surface area is 192 Å². The van der Waals surface area contributed by atoms with Gasteiger partial charge in [0, 0.05) is 0 Å². The fourth-order valence-corrected chi connectivity index (χ4v) is 4.44. The predicted octanol–water partition coefficient (Wildman–Crippen LogP) is 4.68. The first-order valence-electron chi connectivity index (χ1n) is 10.8. The number of para-hydroxylation sites is 1. The van der Waals surface area contributed by atoms with Gasteiger partial charge in [-0.05, 0) is 41.8 Å². The van der Waals surface area contributed by atoms with E-state index >= 15 is 0 Å². The van der Waals surface area contributed by atoms with Gasteiger partial charge in [0.2, 0.25) is 5.95 Å². The second kappa shape index (κ2) is 8.78. The summed E-state index contributed by atoms with van der Waals surface area (Å²) in [6.45, 7) is 0. The Kier molecular flexibility index (Phi) is 5.52. The lowest BCUT2D eigenvalue weighted by Gasteiger charge is -2.39. The molecule has 1 aliphatic heterocycles. The van der Waals surface area contributed by atoms with Gasteiger partial charge in [-0.15, -0.1) is 0 Å². The number of rotatable bonds is 5. The van der Waals surface area contributed by atoms with Gasteiger partial charge in [0.15, 0.2) is 0 Å². The third-order valence-electron chi connectivity index (χ3n) is 6.06. The molecule has 166 valence electrons. The van der Waals surface area contributed by atoms with E-state index in [9.17, 15) is 4.79 Å². The smallest absolute Gasteiger partial charge is 0.264 e. The van der Waals surface area contributed by atoms with Crippen molar-refractivity contribution in [3.05, 3.63) is 102 Å². The first kappa shape index (κ1) is 20.8. The topological polar surface area (TPSA) is 69.5 Å². The van der Waals surface area contributed by atoms with Crippen molar-refractivity contribution in [2.24, 2.45) is 0 Å². The summed E-state index contributed by atoms with van der Waals surface area (Å²) in [6.07, 6.45) is 2.15. The highest BCUT2D eigenvalue weighted by molar-refractivity contribution is 6.07. The van der Waals surface area contributed by atoms with Crippen LogP contribution in [0.25, 0.3) is 0 Å². The van der Waals surface area contributed by atoms with Crippen molar-refractivity contribution in [1.29, 1.82) is 0 Å². The second-order valence-corrected chi connectivity index (χ2v) is 7.83. The van der Waals surface area contributed by atoms with Crippen LogP contribution in [0.4, 0.5) is 5.95 Å². The molecule has 7 heteroatoms. The van der Waals surface area contributed by atoms with Crippen molar-refractivity contribution in [3.8, 4) is 11.5 Å². The van der Waals surface area contributed by atoms with E-state index in [1.165, 1.54) is 6.33 Å². The van der Waals surface area contributed by atoms with Crippen LogP contribution in [0.2, 0.25) is 0 Å². The van der Waals surface area contributed by atoms with Crippen molar-refractivity contribution in [2.75, 3.05) is 19.1 Å². The van der Waals surface area contributed by atoms with Crippen LogP contribution in [0, 0.1) is 0 Å². The summed E-state index contributed by atoms with van der Waals surface area (Å²) < 4.78 is 12.6. The summed E-state index contributed by atoms with van der Waals surface area (Å²) >= 11 is 0. The Hall–Kier alpha value is -4.13. The number of anilines is 1. The van der Waals surface area contributed by atoms with E-state index in [1.807, 2.05) is 71.4 Å². The summed E-state index contributed by atoms with van der Waals surface area (Å²) in [5.74, 6) is 1.65. The number of hydrogen-bond donors (Lipinski definition) is 0. The van der Waals surface area contributed by atoms with E-state index in [2.05, 4.69) is 10.1 Å². The van der Waals surface area contributed by atoms with Crippen molar-refractivity contribution in [2.45, 2.75) is 18.5 Å². The van der Waals surface area contributed by atoms with Crippen LogP contribution in [0.3, 0.4) is 0 Å². The van der Waals surface area contributed by atoms with Gasteiger partial charge >= 0.3 is 0 Å². The van der Waals surface area contributed by atoms with Crippen LogP contribution in [0.15, 0.2) is 85.2 Å². The van der Waals surface area contributed by atoms with Gasteiger partial charge in [-0.1, -0.05) is 54.6 Å². The van der Waals surface area contributed by atoms with Crippen molar-refractivity contribution in [3.63, 3.8) is 0 Å². The van der Waals surface area contributed by atoms with E-state index < -0.39 is 0 Å². The molecular weight excluding hydrogens is 416 g/mol. The summed E-state index contributed by atoms with van der Waals surface area (Å²) in [5, 5.41) is 4.50. The van der Waals surface area contributed by atoms with Crippen LogP contribution >= 0.6 is 0 Å². The van der Waals surface area contributed by atoms with Gasteiger partial charge in [-0.3, -0.25) is 9.69 Å². The molecule has 0 bridgehead atoms. The van der Waals surface area contributed by atoms with Crippen LogP contribution in [0.5, 0.6) is 11.5 Å². The molecule has 0 fully saturated rings. The van der Waals surface area contributed by atoms with Crippen LogP contribution in [-0.2, 0) is 0 Å². The quantitative estimate of drug-likeness (QED) is 0.451. The standard InChI is InChI=1S/C26H24N4O3/c1-32-20-14-12-19(13-15-20)23-16-22(18-8-4-3-5-9-18)29(26-27-17-28-30(23)26)25(31)21-10-6-7-11-24(21)33-2/h3-15,17,22-23H,16H2,1-2H3/t22-,23+/m0/s1. The van der Waals surface area contributed by atoms with Crippen molar-refractivity contribution >= 4 is 11.9 Å². The number of amides is 1. The zero-order valence-corrected chi connectivity index (χ0v) is 18.5. The molecular formula is C26H24N4O3. The lowest BCUT2D eigenvalue weighted by molar-refractivity contribution is 0.0960. The Bertz CT molecular complexity index is 1250. The summed E-state index contributed by atoms with van der Waals surface area (Å²) in [7, 11) is 3.22. The van der Waals surface area contributed by atoms with Gasteiger partial charge in [-0.2, -0.15) is 10.1 Å². The average molecular weight is 441 g/mol. The molecule has 0 saturated carbocycles. The van der Waals surface area contributed by atoms with E-state index in [0.717, 1.165) is 16.9 Å². The van der Waals surface area contributed by atoms with Crippen molar-refractivity contribution < 1.29 is 14.3 Å². The number of carbonyl (C=O) groups is 1. The number of hydrogen-bond acceptors (Lipinski definition) is 5. The third-order valence-corrected chi connectivity index (χ3v) is 6.06. The first-order valence-corrected chi connectivity index (χ1v) is 10.8. The molecule has 0 radical (unpaired) electrons. The normalized spacial score (nSPS) is 17.3. The van der Waals surface area contributed by atoms with Crippen LogP contribution < -0.4 is 14.4 Å². The molecule has 0 spiro atoms. The molecule has 4 aromatic rings. The molecule has 1 amide bonds. The van der Waals surface area contributed by atoms with E-state index in [1.54, 1.807) is 31.3 Å². The highest BCUT2D eigenvalue weighted by Crippen LogP contribution is 2.43. The Morgan fingerprint density at radius 2 is 1.55 bits per heavy atom. The Morgan fingerprint density at radius 3 is 2.27 bits per heavy atom. The van der Waals surface area contributed by atoms with Gasteiger partial charge in [0.1, 0.15) is 17.8 Å². The first-order chi connectivity index (χ1) is 16.2. The maximum absolute atomic E-state index is 13.9. The predicted molar refractivity (Wildman–Crippen MR) is 125 cm³/mol. The van der Waals surface area contributed by atoms with E-state index in [-0.39, 0.29) is 18.0 Å². The highest BCUT2D eigenvalue weighted by atomic mass is 16.5. The maximum Gasteiger partial charge on any atom is 0.264 e. The molecule has 0 unspecified atom stereocenters. The summed E-state index contributed by atoms with van der Waals surface area (Å²) in [5.41, 5.74) is 2.60. The highest BCUT2D eigenvalue weighted by Gasteiger charge is 2.40. The summed E-state index contributed by atoms with van der Waals surface area (Å²) in [4.78, 5) is 20.2. The number of ether oxygens (including phenoxy) is 2. The number of aromatic nitrogens is 3. The zero-order chi connectivity index (χ0) is 22.8. The Morgan fingerprint density at radius 1 is 0.848 bits per heavy atom. The molecule has 3 aromatic carbocycles. The fourth-order valence-electron chi connectivity index (χ4n) is 4.44. The van der Waals surface area contributed by atoms with Crippen LogP contribution in [0.1, 0.15) is 40.0 Å². The maximum atomic E-state index is 13.9. The molecule has 33 heavy (non-hydrogen) atoms. The lowest BCUT2D eigenvalue weighted by atomic mass is 9.91. The largest absolute Gasteiger partial charge is 0.497 e. The monoisotopic (exact) mass is 440 g/mol. The average Bonchev–Trinajstić information content (AvgIpc) is 3.38. The number of carbonyl (C=O) groups excluding carboxylic acids is 1. The molecule has 2 atom stereocenters. The Balaban J connectivity index is 1.64. The molecule has 0 aliphatic carbocycles. The minimum absolute atomic E-state index is 0.0830. The van der Waals surface area contributed by atoms with Gasteiger partial charge < -0.3 is 9.47 Å². The SMILES string of the molecule is COc1ccc([C@H]2C[C@@H](c3ccccc3)N(C(=O)c3ccccc3OC)c3ncnn32)cc1. The molecule has 0 saturated heterocycles. The molecule has 2 heterocycles. The number of benzene rings is 3. The zero-order valence-electron chi connectivity index (χ0n) is 18.5. The lowest BCUT2D eigenvalue weighted by Crippen LogP contribution is -2.42. The van der Waals surface area contributed by atoms with E-state index in [0.29, 0.717) is 23.7 Å². The van der Waals surface area contributed by atoms with Crippen LogP contribution in [-0.4, -0.2) is 34.9 Å². The number of fused-ring (bicyclic) bond motifs is 1. The molecule has 1 aliphatic rings. The van der Waals surface area contributed by atoms with Gasteiger partial charge in [0.25, 0.3) is 5.91 Å². The third kappa shape index (κ3) is 3.71.